The molecule has 0 radical (unpaired) electrons. The summed E-state index contributed by atoms with van der Waals surface area (Å²) in [5, 5.41) is 3.52. The highest BCUT2D eigenvalue weighted by Gasteiger charge is 2.16. The second-order valence-electron chi connectivity index (χ2n) is 5.75. The van der Waals surface area contributed by atoms with Crippen molar-refractivity contribution in [1.29, 1.82) is 0 Å². The van der Waals surface area contributed by atoms with E-state index in [2.05, 4.69) is 72.0 Å². The molecule has 0 aliphatic heterocycles. The van der Waals surface area contributed by atoms with Gasteiger partial charge >= 0.3 is 0 Å². The summed E-state index contributed by atoms with van der Waals surface area (Å²) in [6.07, 6.45) is 1.12. The predicted octanol–water partition coefficient (Wildman–Crippen LogP) is 4.20. The quantitative estimate of drug-likeness (QED) is 0.717. The van der Waals surface area contributed by atoms with Gasteiger partial charge in [0.1, 0.15) is 0 Å². The first-order valence-corrected chi connectivity index (χ1v) is 8.56. The molecule has 0 spiro atoms. The number of anilines is 1. The Morgan fingerprint density at radius 2 is 2.00 bits per heavy atom. The molecule has 120 valence electrons. The molecule has 1 unspecified atom stereocenters. The molecule has 1 aromatic rings. The van der Waals surface area contributed by atoms with E-state index in [-0.39, 0.29) is 0 Å². The summed E-state index contributed by atoms with van der Waals surface area (Å²) in [7, 11) is 1.76. The van der Waals surface area contributed by atoms with Crippen molar-refractivity contribution in [3.8, 4) is 0 Å². The highest BCUT2D eigenvalue weighted by Crippen LogP contribution is 2.27. The Morgan fingerprint density at radius 3 is 2.57 bits per heavy atom. The van der Waals surface area contributed by atoms with Crippen LogP contribution in [0.15, 0.2) is 22.7 Å². The van der Waals surface area contributed by atoms with Gasteiger partial charge in [-0.25, -0.2) is 0 Å². The summed E-state index contributed by atoms with van der Waals surface area (Å²) in [4.78, 5) is 2.45. The number of methoxy groups -OCH3 is 1. The largest absolute Gasteiger partial charge is 0.383 e. The van der Waals surface area contributed by atoms with Gasteiger partial charge in [0.15, 0.2) is 0 Å². The number of rotatable bonds is 9. The van der Waals surface area contributed by atoms with Crippen LogP contribution < -0.4 is 10.2 Å². The van der Waals surface area contributed by atoms with Crippen molar-refractivity contribution in [2.45, 2.75) is 52.7 Å². The topological polar surface area (TPSA) is 24.5 Å². The van der Waals surface area contributed by atoms with Crippen molar-refractivity contribution in [2.24, 2.45) is 0 Å². The van der Waals surface area contributed by atoms with Crippen molar-refractivity contribution in [3.63, 3.8) is 0 Å². The summed E-state index contributed by atoms with van der Waals surface area (Å²) in [6, 6.07) is 7.53. The van der Waals surface area contributed by atoms with Crippen LogP contribution in [0.1, 0.15) is 39.7 Å². The molecular weight excluding hydrogens is 328 g/mol. The van der Waals surface area contributed by atoms with Gasteiger partial charge in [-0.05, 0) is 37.1 Å². The third kappa shape index (κ3) is 5.97. The van der Waals surface area contributed by atoms with Crippen LogP contribution >= 0.6 is 15.9 Å². The molecule has 0 heterocycles. The average Bonchev–Trinajstić information content (AvgIpc) is 2.46. The van der Waals surface area contributed by atoms with Crippen LogP contribution in [0.2, 0.25) is 0 Å². The minimum atomic E-state index is 0.479. The number of ether oxygens (including phenoxy) is 1. The third-order valence-corrected chi connectivity index (χ3v) is 4.20. The van der Waals surface area contributed by atoms with Crippen LogP contribution in [0.4, 0.5) is 5.69 Å². The van der Waals surface area contributed by atoms with Gasteiger partial charge in [-0.2, -0.15) is 0 Å². The van der Waals surface area contributed by atoms with Gasteiger partial charge in [-0.15, -0.1) is 0 Å². The van der Waals surface area contributed by atoms with Gasteiger partial charge in [0.2, 0.25) is 0 Å². The molecule has 0 saturated carbocycles. The Balaban J connectivity index is 3.04. The molecule has 21 heavy (non-hydrogen) atoms. The van der Waals surface area contributed by atoms with Crippen LogP contribution in [0.25, 0.3) is 0 Å². The van der Waals surface area contributed by atoms with Crippen LogP contribution in [0.3, 0.4) is 0 Å². The standard InChI is InChI=1S/C17H29BrN2O/c1-6-14(4)20(9-10-21-5)17-8-7-16(18)11-15(17)12-19-13(2)3/h7-8,11,13-14,19H,6,9-10,12H2,1-5H3. The second kappa shape index (κ2) is 9.44. The van der Waals surface area contributed by atoms with Crippen LogP contribution in [0.5, 0.6) is 0 Å². The highest BCUT2D eigenvalue weighted by atomic mass is 79.9. The molecule has 0 amide bonds. The van der Waals surface area contributed by atoms with Crippen molar-refractivity contribution >= 4 is 21.6 Å². The summed E-state index contributed by atoms with van der Waals surface area (Å²) in [5.41, 5.74) is 2.63. The summed E-state index contributed by atoms with van der Waals surface area (Å²) in [6.45, 7) is 11.4. The predicted molar refractivity (Wildman–Crippen MR) is 95.1 cm³/mol. The monoisotopic (exact) mass is 356 g/mol. The maximum atomic E-state index is 5.28. The molecule has 1 rings (SSSR count). The molecule has 0 aliphatic carbocycles. The molecule has 0 fully saturated rings. The van der Waals surface area contributed by atoms with Gasteiger partial charge in [-0.1, -0.05) is 36.7 Å². The smallest absolute Gasteiger partial charge is 0.0637 e. The Labute approximate surface area is 138 Å². The average molecular weight is 357 g/mol. The molecule has 1 N–H and O–H groups in total. The Hall–Kier alpha value is -0.580. The third-order valence-electron chi connectivity index (χ3n) is 3.71. The van der Waals surface area contributed by atoms with Gasteiger partial charge in [0, 0.05) is 42.4 Å². The Bertz CT molecular complexity index is 423. The van der Waals surface area contributed by atoms with Crippen molar-refractivity contribution < 1.29 is 4.74 Å². The molecule has 3 nitrogen and oxygen atoms in total. The zero-order valence-electron chi connectivity index (χ0n) is 13.9. The van der Waals surface area contributed by atoms with Gasteiger partial charge in [0.05, 0.1) is 6.61 Å². The summed E-state index contributed by atoms with van der Waals surface area (Å²) in [5.74, 6) is 0. The number of hydrogen-bond acceptors (Lipinski definition) is 3. The van der Waals surface area contributed by atoms with E-state index in [1.807, 2.05) is 0 Å². The first-order valence-electron chi connectivity index (χ1n) is 7.77. The number of halogens is 1. The number of hydrogen-bond donors (Lipinski definition) is 1. The lowest BCUT2D eigenvalue weighted by molar-refractivity contribution is 0.203. The molecule has 0 aliphatic rings. The lowest BCUT2D eigenvalue weighted by atomic mass is 10.1. The second-order valence-corrected chi connectivity index (χ2v) is 6.67. The molecule has 0 saturated heterocycles. The lowest BCUT2D eigenvalue weighted by Gasteiger charge is -2.32. The minimum Gasteiger partial charge on any atom is -0.383 e. The fourth-order valence-electron chi connectivity index (χ4n) is 2.28. The number of nitrogens with zero attached hydrogens (tertiary/aromatic N) is 1. The SMILES string of the molecule is CCC(C)N(CCOC)c1ccc(Br)cc1CNC(C)C. The Kier molecular flexibility index (Phi) is 8.30. The molecule has 1 aromatic carbocycles. The van der Waals surface area contributed by atoms with Crippen molar-refractivity contribution in [3.05, 3.63) is 28.2 Å². The maximum absolute atomic E-state index is 5.28. The van der Waals surface area contributed by atoms with Crippen LogP contribution in [-0.4, -0.2) is 32.3 Å². The summed E-state index contributed by atoms with van der Waals surface area (Å²) >= 11 is 3.59. The molecule has 1 atom stereocenters. The van der Waals surface area contributed by atoms with Gasteiger partial charge in [0.25, 0.3) is 0 Å². The van der Waals surface area contributed by atoms with Crippen molar-refractivity contribution in [2.75, 3.05) is 25.2 Å². The van der Waals surface area contributed by atoms with E-state index in [9.17, 15) is 0 Å². The zero-order valence-corrected chi connectivity index (χ0v) is 15.5. The molecular formula is C17H29BrN2O. The fourth-order valence-corrected chi connectivity index (χ4v) is 2.69. The molecule has 0 aromatic heterocycles. The zero-order chi connectivity index (χ0) is 15.8. The van der Waals surface area contributed by atoms with E-state index in [0.717, 1.165) is 30.6 Å². The van der Waals surface area contributed by atoms with E-state index >= 15 is 0 Å². The Morgan fingerprint density at radius 1 is 1.29 bits per heavy atom. The fraction of sp³-hybridized carbons (Fsp3) is 0.647. The van der Waals surface area contributed by atoms with E-state index in [4.69, 9.17) is 4.74 Å². The maximum Gasteiger partial charge on any atom is 0.0637 e. The van der Waals surface area contributed by atoms with Crippen molar-refractivity contribution in [1.82, 2.24) is 5.32 Å². The normalized spacial score (nSPS) is 12.7. The number of nitrogens with one attached hydrogen (secondary N) is 1. The summed E-state index contributed by atoms with van der Waals surface area (Å²) < 4.78 is 6.41. The van der Waals surface area contributed by atoms with Gasteiger partial charge < -0.3 is 15.0 Å². The lowest BCUT2D eigenvalue weighted by Crippen LogP contribution is -2.36. The molecule has 0 bridgehead atoms. The van der Waals surface area contributed by atoms with E-state index < -0.39 is 0 Å². The molecule has 4 heteroatoms. The first kappa shape index (κ1) is 18.5. The number of benzene rings is 1. The van der Waals surface area contributed by atoms with Gasteiger partial charge in [-0.3, -0.25) is 0 Å². The van der Waals surface area contributed by atoms with E-state index in [0.29, 0.717) is 12.1 Å². The van der Waals surface area contributed by atoms with Crippen LogP contribution in [0, 0.1) is 0 Å². The van der Waals surface area contributed by atoms with E-state index in [1.54, 1.807) is 7.11 Å². The minimum absolute atomic E-state index is 0.479. The van der Waals surface area contributed by atoms with Crippen LogP contribution in [-0.2, 0) is 11.3 Å². The highest BCUT2D eigenvalue weighted by molar-refractivity contribution is 9.10. The van der Waals surface area contributed by atoms with E-state index in [1.165, 1.54) is 11.3 Å². The first-order chi connectivity index (χ1) is 9.99.